The first-order valence-electron chi connectivity index (χ1n) is 10.2. The summed E-state index contributed by atoms with van der Waals surface area (Å²) in [6, 6.07) is 11.1. The first-order chi connectivity index (χ1) is 14.5. The minimum Gasteiger partial charge on any atom is -0.496 e. The number of aromatic carboxylic acids is 1. The second kappa shape index (κ2) is 8.15. The molecule has 7 heteroatoms. The molecule has 1 aromatic carbocycles. The number of aryl methyl sites for hydroxylation is 1. The number of carbonyl (C=O) groups is 1. The van der Waals surface area contributed by atoms with Gasteiger partial charge in [-0.15, -0.1) is 0 Å². The van der Waals surface area contributed by atoms with E-state index in [9.17, 15) is 15.2 Å². The molecule has 1 saturated carbocycles. The maximum atomic E-state index is 11.4. The van der Waals surface area contributed by atoms with Crippen molar-refractivity contribution in [2.75, 3.05) is 12.1 Å². The number of methoxy groups -OCH3 is 1. The van der Waals surface area contributed by atoms with Gasteiger partial charge >= 0.3 is 5.97 Å². The van der Waals surface area contributed by atoms with E-state index in [4.69, 9.17) is 9.84 Å². The summed E-state index contributed by atoms with van der Waals surface area (Å²) in [7, 11) is 1.47. The summed E-state index contributed by atoms with van der Waals surface area (Å²) in [5.74, 6) is 0.581. The van der Waals surface area contributed by atoms with Gasteiger partial charge in [0, 0.05) is 12.0 Å². The van der Waals surface area contributed by atoms with E-state index >= 15 is 0 Å². The molecule has 1 aromatic heterocycles. The Morgan fingerprint density at radius 3 is 2.67 bits per heavy atom. The number of ether oxygens (including phenoxy) is 1. The molecule has 0 saturated heterocycles. The lowest BCUT2D eigenvalue weighted by atomic mass is 9.92. The fraction of sp³-hybridized carbons (Fsp3) is 0.391. The van der Waals surface area contributed by atoms with Crippen molar-refractivity contribution in [1.29, 1.82) is 5.26 Å². The van der Waals surface area contributed by atoms with Crippen LogP contribution in [0, 0.1) is 24.2 Å². The Kier molecular flexibility index (Phi) is 5.40. The zero-order valence-corrected chi connectivity index (χ0v) is 17.1. The highest BCUT2D eigenvalue weighted by atomic mass is 16.5. The van der Waals surface area contributed by atoms with Crippen LogP contribution in [0.5, 0.6) is 5.75 Å². The Balaban J connectivity index is 1.72. The van der Waals surface area contributed by atoms with Gasteiger partial charge in [-0.25, -0.2) is 14.8 Å². The molecule has 154 valence electrons. The third kappa shape index (κ3) is 3.61. The molecule has 1 atom stereocenters. The normalized spacial score (nSPS) is 18.9. The molecule has 7 nitrogen and oxygen atoms in total. The average molecular weight is 404 g/mol. The second-order valence-electron chi connectivity index (χ2n) is 7.84. The number of hydrazone groups is 1. The molecule has 2 aliphatic rings. The number of rotatable bonds is 5. The predicted octanol–water partition coefficient (Wildman–Crippen LogP) is 4.14. The zero-order chi connectivity index (χ0) is 21.3. The molecular formula is C23H24N4O3. The number of benzene rings is 1. The molecule has 0 bridgehead atoms. The Morgan fingerprint density at radius 1 is 1.27 bits per heavy atom. The number of pyridine rings is 1. The van der Waals surface area contributed by atoms with E-state index in [1.165, 1.54) is 32.8 Å². The lowest BCUT2D eigenvalue weighted by molar-refractivity contribution is 0.0693. The smallest absolute Gasteiger partial charge is 0.339 e. The number of carboxylic acid groups (broad SMARTS) is 1. The van der Waals surface area contributed by atoms with Gasteiger partial charge in [0.2, 0.25) is 0 Å². The summed E-state index contributed by atoms with van der Waals surface area (Å²) in [6.07, 6.45) is 5.55. The summed E-state index contributed by atoms with van der Waals surface area (Å²) in [4.78, 5) is 16.1. The number of carboxylic acids is 1. The summed E-state index contributed by atoms with van der Waals surface area (Å²) in [5, 5.41) is 25.5. The van der Waals surface area contributed by atoms with E-state index in [1.54, 1.807) is 24.3 Å². The van der Waals surface area contributed by atoms with Crippen molar-refractivity contribution in [2.24, 2.45) is 11.0 Å². The Morgan fingerprint density at radius 2 is 2.03 bits per heavy atom. The van der Waals surface area contributed by atoms with E-state index in [0.717, 1.165) is 23.5 Å². The third-order valence-corrected chi connectivity index (χ3v) is 6.08. The van der Waals surface area contributed by atoms with Crippen molar-refractivity contribution < 1.29 is 14.6 Å². The van der Waals surface area contributed by atoms with Crippen LogP contribution in [-0.4, -0.2) is 34.9 Å². The van der Waals surface area contributed by atoms with Crippen LogP contribution in [0.15, 0.2) is 35.4 Å². The van der Waals surface area contributed by atoms with Crippen LogP contribution in [-0.2, 0) is 0 Å². The minimum absolute atomic E-state index is 0.133. The number of nitrogens with zero attached hydrogens (tertiary/aromatic N) is 4. The van der Waals surface area contributed by atoms with Crippen LogP contribution in [0.3, 0.4) is 0 Å². The summed E-state index contributed by atoms with van der Waals surface area (Å²) in [5.41, 5.74) is 3.14. The van der Waals surface area contributed by atoms with Gasteiger partial charge in [0.1, 0.15) is 23.2 Å². The number of hydrogen-bond acceptors (Lipinski definition) is 6. The molecule has 0 radical (unpaired) electrons. The zero-order valence-electron chi connectivity index (χ0n) is 17.1. The summed E-state index contributed by atoms with van der Waals surface area (Å²) >= 11 is 0. The van der Waals surface area contributed by atoms with Gasteiger partial charge in [-0.1, -0.05) is 18.9 Å². The Labute approximate surface area is 175 Å². The van der Waals surface area contributed by atoms with Gasteiger partial charge in [-0.05, 0) is 49.9 Å². The molecule has 0 amide bonds. The summed E-state index contributed by atoms with van der Waals surface area (Å²) < 4.78 is 5.29. The van der Waals surface area contributed by atoms with Crippen LogP contribution in [0.1, 0.15) is 59.3 Å². The van der Waals surface area contributed by atoms with E-state index in [-0.39, 0.29) is 11.6 Å². The van der Waals surface area contributed by atoms with Crippen LogP contribution in [0.4, 0.5) is 5.82 Å². The number of hydrogen-bond donors (Lipinski definition) is 1. The molecular weight excluding hydrogens is 380 g/mol. The van der Waals surface area contributed by atoms with Crippen LogP contribution in [0.2, 0.25) is 0 Å². The molecule has 2 heterocycles. The van der Waals surface area contributed by atoms with Gasteiger partial charge in [0.05, 0.1) is 30.1 Å². The highest BCUT2D eigenvalue weighted by Crippen LogP contribution is 2.38. The Hall–Kier alpha value is -3.40. The first-order valence-corrected chi connectivity index (χ1v) is 10.2. The lowest BCUT2D eigenvalue weighted by Crippen LogP contribution is -2.33. The molecule has 1 aliphatic heterocycles. The van der Waals surface area contributed by atoms with E-state index in [0.29, 0.717) is 22.9 Å². The van der Waals surface area contributed by atoms with Crippen molar-refractivity contribution in [3.8, 4) is 11.8 Å². The number of nitriles is 1. The van der Waals surface area contributed by atoms with Crippen LogP contribution >= 0.6 is 0 Å². The quantitative estimate of drug-likeness (QED) is 0.804. The third-order valence-electron chi connectivity index (χ3n) is 6.08. The maximum Gasteiger partial charge on any atom is 0.339 e. The molecule has 2 aromatic rings. The molecule has 1 fully saturated rings. The predicted molar refractivity (Wildman–Crippen MR) is 113 cm³/mol. The molecule has 1 aliphatic carbocycles. The van der Waals surface area contributed by atoms with E-state index in [2.05, 4.69) is 11.1 Å². The van der Waals surface area contributed by atoms with Gasteiger partial charge in [-0.2, -0.15) is 10.4 Å². The summed E-state index contributed by atoms with van der Waals surface area (Å²) in [6.45, 7) is 1.84. The molecule has 1 N–H and O–H groups in total. The van der Waals surface area contributed by atoms with Crippen LogP contribution < -0.4 is 9.75 Å². The highest BCUT2D eigenvalue weighted by Gasteiger charge is 2.37. The second-order valence-corrected chi connectivity index (χ2v) is 7.84. The van der Waals surface area contributed by atoms with Crippen molar-refractivity contribution in [3.63, 3.8) is 0 Å². The topological polar surface area (TPSA) is 98.8 Å². The fourth-order valence-corrected chi connectivity index (χ4v) is 4.48. The van der Waals surface area contributed by atoms with E-state index < -0.39 is 5.97 Å². The van der Waals surface area contributed by atoms with Crippen molar-refractivity contribution in [1.82, 2.24) is 4.98 Å². The minimum atomic E-state index is -1.02. The number of aromatic nitrogens is 1. The first kappa shape index (κ1) is 19.9. The van der Waals surface area contributed by atoms with Crippen molar-refractivity contribution in [3.05, 3.63) is 52.7 Å². The molecule has 0 spiro atoms. The lowest BCUT2D eigenvalue weighted by Gasteiger charge is -2.27. The average Bonchev–Trinajstić information content (AvgIpc) is 3.43. The highest BCUT2D eigenvalue weighted by molar-refractivity contribution is 6.04. The van der Waals surface area contributed by atoms with Gasteiger partial charge in [0.15, 0.2) is 0 Å². The SMILES string of the molecule is COc1cc(C2=NN(c3ccc(C#N)c(C)n3)[C@@H](C3CCCC3)C2)ccc1C(=O)O. The standard InChI is InChI=1S/C23H24N4O3/c1-14-17(13-24)8-10-22(25-14)27-20(15-5-3-4-6-15)12-19(26-27)16-7-9-18(23(28)29)21(11-16)30-2/h7-11,15,20H,3-6,12H2,1-2H3,(H,28,29)/t20-/m1/s1. The van der Waals surface area contributed by atoms with Crippen molar-refractivity contribution in [2.45, 2.75) is 45.1 Å². The maximum absolute atomic E-state index is 11.4. The van der Waals surface area contributed by atoms with Crippen molar-refractivity contribution >= 4 is 17.5 Å². The largest absolute Gasteiger partial charge is 0.496 e. The van der Waals surface area contributed by atoms with Gasteiger partial charge < -0.3 is 9.84 Å². The van der Waals surface area contributed by atoms with E-state index in [1.807, 2.05) is 18.0 Å². The van der Waals surface area contributed by atoms with Gasteiger partial charge in [0.25, 0.3) is 0 Å². The van der Waals surface area contributed by atoms with Crippen LogP contribution in [0.25, 0.3) is 0 Å². The van der Waals surface area contributed by atoms with Gasteiger partial charge in [-0.3, -0.25) is 0 Å². The molecule has 0 unspecified atom stereocenters. The monoisotopic (exact) mass is 404 g/mol. The molecule has 4 rings (SSSR count). The number of anilines is 1. The molecule has 30 heavy (non-hydrogen) atoms. The Bertz CT molecular complexity index is 1050. The fourth-order valence-electron chi connectivity index (χ4n) is 4.48.